The Morgan fingerprint density at radius 2 is 1.49 bits per heavy atom. The fraction of sp³-hybridized carbons (Fsp3) is 0.367. The quantitative estimate of drug-likeness (QED) is 0.400. The van der Waals surface area contributed by atoms with E-state index < -0.39 is 22.1 Å². The zero-order valence-corrected chi connectivity index (χ0v) is 22.2. The second-order valence-corrected chi connectivity index (χ2v) is 11.8. The van der Waals surface area contributed by atoms with E-state index in [-0.39, 0.29) is 5.75 Å². The number of fused-ring (bicyclic) bond motifs is 2. The highest BCUT2D eigenvalue weighted by atomic mass is 32.2. The van der Waals surface area contributed by atoms with E-state index in [1.165, 1.54) is 22.3 Å². The molecule has 194 valence electrons. The third-order valence-corrected chi connectivity index (χ3v) is 8.85. The van der Waals surface area contributed by atoms with Gasteiger partial charge in [0.25, 0.3) is 0 Å². The van der Waals surface area contributed by atoms with Crippen molar-refractivity contribution in [3.05, 3.63) is 100 Å². The molecule has 6 nitrogen and oxygen atoms in total. The first-order valence-corrected chi connectivity index (χ1v) is 14.9. The fourth-order valence-corrected chi connectivity index (χ4v) is 7.08. The van der Waals surface area contributed by atoms with E-state index in [0.717, 1.165) is 55.3 Å². The van der Waals surface area contributed by atoms with Crippen molar-refractivity contribution in [2.24, 2.45) is 0 Å². The van der Waals surface area contributed by atoms with Crippen LogP contribution in [0.1, 0.15) is 59.2 Å². The summed E-state index contributed by atoms with van der Waals surface area (Å²) in [6.45, 7) is 3.31. The zero-order chi connectivity index (χ0) is 25.8. The summed E-state index contributed by atoms with van der Waals surface area (Å²) in [7, 11) is -3.93. The molecular weight excluding hydrogens is 482 g/mol. The summed E-state index contributed by atoms with van der Waals surface area (Å²) in [6.07, 6.45) is 6.02. The molecule has 2 N–H and O–H groups in total. The zero-order valence-electron chi connectivity index (χ0n) is 21.4. The van der Waals surface area contributed by atoms with Crippen LogP contribution in [0.5, 0.6) is 0 Å². The summed E-state index contributed by atoms with van der Waals surface area (Å²) in [5.41, 5.74) is 7.80. The summed E-state index contributed by atoms with van der Waals surface area (Å²) < 4.78 is 29.0. The van der Waals surface area contributed by atoms with Crippen LogP contribution >= 0.6 is 0 Å². The molecule has 3 aromatic rings. The maximum absolute atomic E-state index is 13.4. The molecule has 2 amide bonds. The molecular formula is C30H35N3O3S. The van der Waals surface area contributed by atoms with Crippen molar-refractivity contribution in [2.75, 3.05) is 17.6 Å². The van der Waals surface area contributed by atoms with Gasteiger partial charge in [0.2, 0.25) is 10.0 Å². The average Bonchev–Trinajstić information content (AvgIpc) is 3.56. The van der Waals surface area contributed by atoms with Gasteiger partial charge in [-0.25, -0.2) is 17.9 Å². The van der Waals surface area contributed by atoms with Crippen molar-refractivity contribution in [3.8, 4) is 0 Å². The van der Waals surface area contributed by atoms with E-state index in [4.69, 9.17) is 0 Å². The maximum atomic E-state index is 13.4. The Balaban J connectivity index is 1.35. The Bertz CT molecular complexity index is 1330. The maximum Gasteiger partial charge on any atom is 0.332 e. The molecule has 0 radical (unpaired) electrons. The summed E-state index contributed by atoms with van der Waals surface area (Å²) >= 11 is 0. The van der Waals surface area contributed by atoms with Gasteiger partial charge in [-0.3, -0.25) is 4.90 Å². The number of urea groups is 1. The normalized spacial score (nSPS) is 15.3. The first-order chi connectivity index (χ1) is 17.9. The molecule has 37 heavy (non-hydrogen) atoms. The second kappa shape index (κ2) is 11.1. The Kier molecular flexibility index (Phi) is 7.63. The van der Waals surface area contributed by atoms with Gasteiger partial charge in [-0.15, -0.1) is 0 Å². The van der Waals surface area contributed by atoms with E-state index in [2.05, 4.69) is 21.0 Å². The number of rotatable bonds is 9. The van der Waals surface area contributed by atoms with Gasteiger partial charge < -0.3 is 5.32 Å². The molecule has 1 unspecified atom stereocenters. The van der Waals surface area contributed by atoms with Crippen molar-refractivity contribution >= 4 is 21.7 Å². The predicted molar refractivity (Wildman–Crippen MR) is 148 cm³/mol. The highest BCUT2D eigenvalue weighted by Crippen LogP contribution is 2.38. The Morgan fingerprint density at radius 3 is 2.08 bits per heavy atom. The molecule has 0 saturated heterocycles. The van der Waals surface area contributed by atoms with Crippen LogP contribution in [0, 0.1) is 0 Å². The lowest BCUT2D eigenvalue weighted by Crippen LogP contribution is -2.41. The number of sulfonamides is 1. The van der Waals surface area contributed by atoms with Gasteiger partial charge in [0, 0.05) is 12.2 Å². The molecule has 1 atom stereocenters. The fourth-order valence-electron chi connectivity index (χ4n) is 5.84. The van der Waals surface area contributed by atoms with Crippen molar-refractivity contribution in [2.45, 2.75) is 58.0 Å². The second-order valence-electron chi connectivity index (χ2n) is 10.0. The van der Waals surface area contributed by atoms with Crippen LogP contribution in [0.3, 0.4) is 0 Å². The van der Waals surface area contributed by atoms with Crippen LogP contribution in [0.15, 0.2) is 66.7 Å². The molecule has 0 bridgehead atoms. The number of benzene rings is 3. The van der Waals surface area contributed by atoms with Crippen LogP contribution < -0.4 is 10.0 Å². The highest BCUT2D eigenvalue weighted by molar-refractivity contribution is 7.90. The number of amides is 2. The van der Waals surface area contributed by atoms with Crippen molar-refractivity contribution in [1.82, 2.24) is 9.62 Å². The summed E-state index contributed by atoms with van der Waals surface area (Å²) in [5.74, 6) is -0.212. The molecule has 0 saturated carbocycles. The van der Waals surface area contributed by atoms with E-state index in [1.807, 2.05) is 67.6 Å². The summed E-state index contributed by atoms with van der Waals surface area (Å²) in [4.78, 5) is 15.2. The predicted octanol–water partition coefficient (Wildman–Crippen LogP) is 5.38. The van der Waals surface area contributed by atoms with E-state index in [1.54, 1.807) is 0 Å². The molecule has 2 aliphatic rings. The molecule has 5 rings (SSSR count). The van der Waals surface area contributed by atoms with Gasteiger partial charge in [-0.2, -0.15) is 0 Å². The number of nitrogens with one attached hydrogen (secondary N) is 2. The van der Waals surface area contributed by atoms with E-state index >= 15 is 0 Å². The molecule has 0 spiro atoms. The number of nitrogens with zero attached hydrogens (tertiary/aromatic N) is 1. The van der Waals surface area contributed by atoms with E-state index in [0.29, 0.717) is 13.1 Å². The third kappa shape index (κ3) is 5.89. The molecule has 3 aromatic carbocycles. The highest BCUT2D eigenvalue weighted by Gasteiger charge is 2.29. The largest absolute Gasteiger partial charge is 0.332 e. The molecule has 0 heterocycles. The molecule has 2 aliphatic carbocycles. The summed E-state index contributed by atoms with van der Waals surface area (Å²) in [6, 6.07) is 20.9. The number of carbonyl (C=O) groups is 1. The van der Waals surface area contributed by atoms with Gasteiger partial charge >= 0.3 is 6.03 Å². The van der Waals surface area contributed by atoms with Crippen molar-refractivity contribution < 1.29 is 13.2 Å². The molecule has 0 aromatic heterocycles. The minimum Gasteiger partial charge on any atom is -0.307 e. The smallest absolute Gasteiger partial charge is 0.307 e. The van der Waals surface area contributed by atoms with E-state index in [9.17, 15) is 13.2 Å². The SMILES string of the molecule is CCN(Cc1ccccc1)C(CS(=O)(=O)NC(=O)Nc1c2c(cc3c1CCC3)CCC2)c1ccccc1. The van der Waals surface area contributed by atoms with Crippen LogP contribution in [0.25, 0.3) is 0 Å². The Labute approximate surface area is 220 Å². The first-order valence-electron chi connectivity index (χ1n) is 13.2. The van der Waals surface area contributed by atoms with Crippen molar-refractivity contribution in [3.63, 3.8) is 0 Å². The van der Waals surface area contributed by atoms with Crippen molar-refractivity contribution in [1.29, 1.82) is 0 Å². The van der Waals surface area contributed by atoms with Crippen LogP contribution in [-0.4, -0.2) is 31.6 Å². The monoisotopic (exact) mass is 517 g/mol. The van der Waals surface area contributed by atoms with Gasteiger partial charge in [0.1, 0.15) is 0 Å². The lowest BCUT2D eigenvalue weighted by atomic mass is 9.99. The molecule has 0 aliphatic heterocycles. The number of hydrogen-bond acceptors (Lipinski definition) is 4. The Hall–Kier alpha value is -3.16. The Morgan fingerprint density at radius 1 is 0.892 bits per heavy atom. The third-order valence-electron chi connectivity index (χ3n) is 7.60. The number of carbonyl (C=O) groups excluding carboxylic acids is 1. The standard InChI is InChI=1S/C30H35N3O3S/c1-2-33(20-22-11-5-3-6-12-22)28(23-13-7-4-8-14-23)21-37(35,36)32-30(34)31-29-26-17-9-15-24(26)19-25-16-10-18-27(25)29/h3-8,11-14,19,28H,2,9-10,15-18,20-21H2,1H3,(H2,31,32,34). The van der Waals surface area contributed by atoms with Crippen LogP contribution in [0.2, 0.25) is 0 Å². The summed E-state index contributed by atoms with van der Waals surface area (Å²) in [5, 5.41) is 2.95. The average molecular weight is 518 g/mol. The minimum absolute atomic E-state index is 0.212. The first kappa shape index (κ1) is 25.5. The van der Waals surface area contributed by atoms with Gasteiger partial charge in [-0.05, 0) is 78.5 Å². The van der Waals surface area contributed by atoms with Crippen LogP contribution in [0.4, 0.5) is 10.5 Å². The number of aryl methyl sites for hydroxylation is 2. The number of anilines is 1. The van der Waals surface area contributed by atoms with Gasteiger partial charge in [0.15, 0.2) is 0 Å². The molecule has 0 fully saturated rings. The van der Waals surface area contributed by atoms with Gasteiger partial charge in [-0.1, -0.05) is 73.7 Å². The lowest BCUT2D eigenvalue weighted by molar-refractivity contribution is 0.214. The van der Waals surface area contributed by atoms with Gasteiger partial charge in [0.05, 0.1) is 11.8 Å². The molecule has 7 heteroatoms. The topological polar surface area (TPSA) is 78.5 Å². The lowest BCUT2D eigenvalue weighted by Gasteiger charge is -2.31. The number of hydrogen-bond donors (Lipinski definition) is 2. The van der Waals surface area contributed by atoms with Crippen LogP contribution in [-0.2, 0) is 42.3 Å². The minimum atomic E-state index is -3.93.